The maximum absolute atomic E-state index is 12.1. The summed E-state index contributed by atoms with van der Waals surface area (Å²) in [6.07, 6.45) is 1.36. The lowest BCUT2D eigenvalue weighted by Crippen LogP contribution is -2.37. The van der Waals surface area contributed by atoms with Gasteiger partial charge < -0.3 is 9.64 Å². The van der Waals surface area contributed by atoms with Gasteiger partial charge in [0.2, 0.25) is 5.91 Å². The molecule has 1 aromatic carbocycles. The van der Waals surface area contributed by atoms with Gasteiger partial charge in [0, 0.05) is 19.0 Å². The Hall–Kier alpha value is -1.84. The number of hydrogen-bond acceptors (Lipinski definition) is 3. The van der Waals surface area contributed by atoms with Crippen molar-refractivity contribution in [1.82, 2.24) is 4.90 Å². The Morgan fingerprint density at radius 2 is 2.10 bits per heavy atom. The highest BCUT2D eigenvalue weighted by Crippen LogP contribution is 2.50. The van der Waals surface area contributed by atoms with E-state index in [0.29, 0.717) is 25.5 Å². The van der Waals surface area contributed by atoms with E-state index in [-0.39, 0.29) is 23.8 Å². The number of likely N-dealkylation sites (tertiary alicyclic amines) is 1. The van der Waals surface area contributed by atoms with E-state index in [1.807, 2.05) is 42.2 Å². The molecule has 1 heterocycles. The van der Waals surface area contributed by atoms with Crippen LogP contribution in [0.25, 0.3) is 0 Å². The predicted molar refractivity (Wildman–Crippen MR) is 73.6 cm³/mol. The largest absolute Gasteiger partial charge is 0.466 e. The summed E-state index contributed by atoms with van der Waals surface area (Å²) < 4.78 is 5.11. The van der Waals surface area contributed by atoms with E-state index in [2.05, 4.69) is 0 Å². The van der Waals surface area contributed by atoms with Gasteiger partial charge >= 0.3 is 5.97 Å². The average Bonchev–Trinajstić information content (AvgIpc) is 3.18. The number of amides is 1. The summed E-state index contributed by atoms with van der Waals surface area (Å²) in [7, 11) is 0. The number of esters is 1. The molecule has 4 heteroatoms. The Morgan fingerprint density at radius 3 is 2.80 bits per heavy atom. The molecule has 1 amide bonds. The van der Waals surface area contributed by atoms with Crippen molar-refractivity contribution < 1.29 is 14.3 Å². The van der Waals surface area contributed by atoms with Gasteiger partial charge in [-0.25, -0.2) is 0 Å². The van der Waals surface area contributed by atoms with Crippen LogP contribution in [0.5, 0.6) is 0 Å². The van der Waals surface area contributed by atoms with Crippen LogP contribution < -0.4 is 0 Å². The molecule has 2 fully saturated rings. The van der Waals surface area contributed by atoms with E-state index >= 15 is 0 Å². The number of fused-ring (bicyclic) bond motifs is 1. The van der Waals surface area contributed by atoms with Gasteiger partial charge in [0.25, 0.3) is 0 Å². The minimum Gasteiger partial charge on any atom is -0.466 e. The molecule has 1 aliphatic heterocycles. The normalized spacial score (nSPS) is 27.9. The first kappa shape index (κ1) is 13.2. The molecule has 0 unspecified atom stereocenters. The minimum atomic E-state index is -0.143. The molecular weight excluding hydrogens is 254 g/mol. The zero-order chi connectivity index (χ0) is 14.1. The second-order valence-electron chi connectivity index (χ2n) is 5.48. The number of carbonyl (C=O) groups excluding carboxylic acids is 2. The molecule has 3 rings (SSSR count). The molecule has 20 heavy (non-hydrogen) atoms. The smallest absolute Gasteiger partial charge is 0.311 e. The van der Waals surface area contributed by atoms with Crippen molar-refractivity contribution in [3.05, 3.63) is 35.9 Å². The zero-order valence-corrected chi connectivity index (χ0v) is 11.6. The van der Waals surface area contributed by atoms with E-state index in [4.69, 9.17) is 4.74 Å². The van der Waals surface area contributed by atoms with Crippen LogP contribution in [0.15, 0.2) is 30.3 Å². The van der Waals surface area contributed by atoms with Gasteiger partial charge in [0.15, 0.2) is 0 Å². The molecule has 3 atom stereocenters. The standard InChI is InChI=1S/C16H19NO3/c1-2-20-16(19)14-12-8-9-13(18)17(15(12)14)10-11-6-4-3-5-7-11/h3-7,12,14-15H,2,8-10H2,1H3/t12-,14-,15-/m0/s1. The molecule has 1 aromatic rings. The minimum absolute atomic E-state index is 0.0514. The Kier molecular flexibility index (Phi) is 3.47. The van der Waals surface area contributed by atoms with Gasteiger partial charge in [-0.05, 0) is 24.8 Å². The molecule has 4 nitrogen and oxygen atoms in total. The predicted octanol–water partition coefficient (Wildman–Crippen LogP) is 1.99. The van der Waals surface area contributed by atoms with Crippen molar-refractivity contribution >= 4 is 11.9 Å². The van der Waals surface area contributed by atoms with Crippen LogP contribution in [0.4, 0.5) is 0 Å². The van der Waals surface area contributed by atoms with Crippen molar-refractivity contribution in [2.45, 2.75) is 32.4 Å². The second-order valence-corrected chi connectivity index (χ2v) is 5.48. The lowest BCUT2D eigenvalue weighted by molar-refractivity contribution is -0.145. The van der Waals surface area contributed by atoms with Crippen LogP contribution >= 0.6 is 0 Å². The number of piperidine rings is 1. The maximum atomic E-state index is 12.1. The van der Waals surface area contributed by atoms with Gasteiger partial charge in [0.05, 0.1) is 12.5 Å². The summed E-state index contributed by atoms with van der Waals surface area (Å²) in [6.45, 7) is 2.81. The summed E-state index contributed by atoms with van der Waals surface area (Å²) in [5.74, 6) is 0.206. The highest BCUT2D eigenvalue weighted by atomic mass is 16.5. The average molecular weight is 273 g/mol. The first-order valence-corrected chi connectivity index (χ1v) is 7.22. The third kappa shape index (κ3) is 2.30. The van der Waals surface area contributed by atoms with Crippen molar-refractivity contribution in [3.8, 4) is 0 Å². The number of ether oxygens (including phenoxy) is 1. The number of hydrogen-bond donors (Lipinski definition) is 0. The Bertz CT molecular complexity index is 514. The third-order valence-corrected chi connectivity index (χ3v) is 4.25. The summed E-state index contributed by atoms with van der Waals surface area (Å²) in [4.78, 5) is 25.9. The molecule has 1 saturated heterocycles. The quantitative estimate of drug-likeness (QED) is 0.788. The highest BCUT2D eigenvalue weighted by molar-refractivity contribution is 5.84. The SMILES string of the molecule is CCOC(=O)[C@H]1[C@@H]2CCC(=O)N(Cc3ccccc3)[C@@H]21. The first-order chi connectivity index (χ1) is 9.72. The van der Waals surface area contributed by atoms with E-state index in [1.165, 1.54) is 0 Å². The van der Waals surface area contributed by atoms with E-state index in [1.54, 1.807) is 0 Å². The molecule has 0 aromatic heterocycles. The second kappa shape index (κ2) is 5.27. The van der Waals surface area contributed by atoms with E-state index < -0.39 is 0 Å². The van der Waals surface area contributed by atoms with Crippen LogP contribution in [0.1, 0.15) is 25.3 Å². The third-order valence-electron chi connectivity index (χ3n) is 4.25. The summed E-state index contributed by atoms with van der Waals surface area (Å²) in [6, 6.07) is 9.98. The molecule has 0 N–H and O–H groups in total. The van der Waals surface area contributed by atoms with Crippen molar-refractivity contribution in [1.29, 1.82) is 0 Å². The summed E-state index contributed by atoms with van der Waals surface area (Å²) >= 11 is 0. The Balaban J connectivity index is 1.73. The Morgan fingerprint density at radius 1 is 1.35 bits per heavy atom. The molecule has 1 saturated carbocycles. The fourth-order valence-electron chi connectivity index (χ4n) is 3.26. The molecule has 0 spiro atoms. The molecule has 0 bridgehead atoms. The highest BCUT2D eigenvalue weighted by Gasteiger charge is 2.61. The lowest BCUT2D eigenvalue weighted by atomic mass is 10.1. The molecule has 1 aliphatic carbocycles. The van der Waals surface area contributed by atoms with Crippen LogP contribution in [0.3, 0.4) is 0 Å². The van der Waals surface area contributed by atoms with Crippen LogP contribution in [-0.2, 0) is 20.9 Å². The topological polar surface area (TPSA) is 46.6 Å². The monoisotopic (exact) mass is 273 g/mol. The van der Waals surface area contributed by atoms with E-state index in [0.717, 1.165) is 12.0 Å². The van der Waals surface area contributed by atoms with Crippen molar-refractivity contribution in [3.63, 3.8) is 0 Å². The maximum Gasteiger partial charge on any atom is 0.311 e. The number of rotatable bonds is 4. The lowest BCUT2D eigenvalue weighted by Gasteiger charge is -2.26. The van der Waals surface area contributed by atoms with Crippen LogP contribution in [-0.4, -0.2) is 29.4 Å². The number of benzene rings is 1. The molecule has 106 valence electrons. The van der Waals surface area contributed by atoms with Gasteiger partial charge in [-0.15, -0.1) is 0 Å². The molecular formula is C16H19NO3. The number of nitrogens with zero attached hydrogens (tertiary/aromatic N) is 1. The van der Waals surface area contributed by atoms with Gasteiger partial charge in [-0.2, -0.15) is 0 Å². The fourth-order valence-corrected chi connectivity index (χ4v) is 3.26. The van der Waals surface area contributed by atoms with Gasteiger partial charge in [-0.1, -0.05) is 30.3 Å². The van der Waals surface area contributed by atoms with E-state index in [9.17, 15) is 9.59 Å². The fraction of sp³-hybridized carbons (Fsp3) is 0.500. The Labute approximate surface area is 118 Å². The van der Waals surface area contributed by atoms with Crippen LogP contribution in [0.2, 0.25) is 0 Å². The van der Waals surface area contributed by atoms with Crippen LogP contribution in [0, 0.1) is 11.8 Å². The first-order valence-electron chi connectivity index (χ1n) is 7.22. The zero-order valence-electron chi connectivity index (χ0n) is 11.6. The molecule has 0 radical (unpaired) electrons. The van der Waals surface area contributed by atoms with Gasteiger partial charge in [-0.3, -0.25) is 9.59 Å². The summed E-state index contributed by atoms with van der Waals surface area (Å²) in [5, 5.41) is 0. The summed E-state index contributed by atoms with van der Waals surface area (Å²) in [5.41, 5.74) is 1.11. The number of carbonyl (C=O) groups is 2. The molecule has 2 aliphatic rings. The van der Waals surface area contributed by atoms with Crippen molar-refractivity contribution in [2.75, 3.05) is 6.61 Å². The van der Waals surface area contributed by atoms with Gasteiger partial charge in [0.1, 0.15) is 0 Å². The van der Waals surface area contributed by atoms with Crippen molar-refractivity contribution in [2.24, 2.45) is 11.8 Å².